The number of alkyl halides is 1. The number of hydrogen-bond donors (Lipinski definition) is 1. The Hall–Kier alpha value is -0.740. The van der Waals surface area contributed by atoms with Crippen molar-refractivity contribution in [1.29, 1.82) is 0 Å². The third-order valence-corrected chi connectivity index (χ3v) is 2.80. The molecule has 62 valence electrons. The van der Waals surface area contributed by atoms with E-state index in [0.29, 0.717) is 5.69 Å². The highest BCUT2D eigenvalue weighted by atomic mass is 79.9. The zero-order chi connectivity index (χ0) is 8.55. The Kier molecular flexibility index (Phi) is 1.94. The van der Waals surface area contributed by atoms with Crippen molar-refractivity contribution in [1.82, 2.24) is 5.32 Å². The molecule has 4 heteroatoms. The molecular formula is C8H7BrN2O. The van der Waals surface area contributed by atoms with Crippen LogP contribution in [0.15, 0.2) is 23.4 Å². The normalized spacial score (nSPS) is 20.6. The lowest BCUT2D eigenvalue weighted by molar-refractivity contribution is 0.758. The fraction of sp³-hybridized carbons (Fsp3) is 0.250. The molecule has 0 spiro atoms. The summed E-state index contributed by atoms with van der Waals surface area (Å²) in [5.41, 5.74) is 2.83. The molecule has 1 atom stereocenters. The molecule has 1 N–H and O–H groups in total. The average molecular weight is 227 g/mol. The zero-order valence-electron chi connectivity index (χ0n) is 6.25. The van der Waals surface area contributed by atoms with Gasteiger partial charge >= 0.3 is 0 Å². The van der Waals surface area contributed by atoms with E-state index in [0.717, 1.165) is 12.1 Å². The third-order valence-electron chi connectivity index (χ3n) is 1.98. The molecule has 2 rings (SSSR count). The maximum Gasteiger partial charge on any atom is 0.108 e. The summed E-state index contributed by atoms with van der Waals surface area (Å²) < 4.78 is 0. The summed E-state index contributed by atoms with van der Waals surface area (Å²) in [6.45, 7) is 0.852. The molecule has 0 bridgehead atoms. The topological polar surface area (TPSA) is 41.5 Å². The van der Waals surface area contributed by atoms with Crippen LogP contribution in [0.2, 0.25) is 0 Å². The highest BCUT2D eigenvalue weighted by Gasteiger charge is 2.18. The van der Waals surface area contributed by atoms with Gasteiger partial charge in [-0.15, -0.1) is 4.91 Å². The maximum absolute atomic E-state index is 10.2. The summed E-state index contributed by atoms with van der Waals surface area (Å²) in [7, 11) is 0. The number of fused-ring (bicyclic) bond motifs is 1. The molecule has 0 radical (unpaired) electrons. The Balaban J connectivity index is 2.50. The van der Waals surface area contributed by atoms with Crippen LogP contribution in [0.5, 0.6) is 0 Å². The van der Waals surface area contributed by atoms with Crippen LogP contribution in [0, 0.1) is 4.91 Å². The predicted octanol–water partition coefficient (Wildman–Crippen LogP) is 2.58. The van der Waals surface area contributed by atoms with Crippen molar-refractivity contribution in [3.05, 3.63) is 34.2 Å². The van der Waals surface area contributed by atoms with Crippen molar-refractivity contribution in [2.24, 2.45) is 5.18 Å². The zero-order valence-corrected chi connectivity index (χ0v) is 7.84. The van der Waals surface area contributed by atoms with E-state index < -0.39 is 0 Å². The molecule has 0 fully saturated rings. The number of rotatable bonds is 1. The van der Waals surface area contributed by atoms with E-state index in [-0.39, 0.29) is 4.95 Å². The highest BCUT2D eigenvalue weighted by Crippen LogP contribution is 2.32. The Morgan fingerprint density at radius 2 is 2.42 bits per heavy atom. The van der Waals surface area contributed by atoms with Gasteiger partial charge in [0.15, 0.2) is 0 Å². The van der Waals surface area contributed by atoms with Crippen LogP contribution in [0.1, 0.15) is 16.1 Å². The van der Waals surface area contributed by atoms with Gasteiger partial charge in [-0.3, -0.25) is 5.32 Å². The maximum atomic E-state index is 10.2. The summed E-state index contributed by atoms with van der Waals surface area (Å²) in [4.78, 5) is 10.4. The van der Waals surface area contributed by atoms with Crippen molar-refractivity contribution < 1.29 is 0 Å². The van der Waals surface area contributed by atoms with Gasteiger partial charge in [0.1, 0.15) is 5.69 Å². The number of halogens is 1. The Morgan fingerprint density at radius 3 is 3.17 bits per heavy atom. The van der Waals surface area contributed by atoms with Gasteiger partial charge in [-0.25, -0.2) is 0 Å². The minimum atomic E-state index is 0.161. The lowest BCUT2D eigenvalue weighted by atomic mass is 10.1. The first-order chi connectivity index (χ1) is 5.81. The first-order valence-corrected chi connectivity index (χ1v) is 4.56. The van der Waals surface area contributed by atoms with Crippen molar-refractivity contribution >= 4 is 21.6 Å². The van der Waals surface area contributed by atoms with E-state index in [9.17, 15) is 4.91 Å². The van der Waals surface area contributed by atoms with E-state index in [1.54, 1.807) is 6.07 Å². The Morgan fingerprint density at radius 1 is 1.58 bits per heavy atom. The van der Waals surface area contributed by atoms with Crippen molar-refractivity contribution in [3.63, 3.8) is 0 Å². The van der Waals surface area contributed by atoms with E-state index in [2.05, 4.69) is 26.4 Å². The van der Waals surface area contributed by atoms with Gasteiger partial charge in [0.25, 0.3) is 0 Å². The van der Waals surface area contributed by atoms with Gasteiger partial charge in [0.2, 0.25) is 0 Å². The van der Waals surface area contributed by atoms with Gasteiger partial charge < -0.3 is 0 Å². The SMILES string of the molecule is O=Nc1ccc2c(c1)C(Br)NC2. The van der Waals surface area contributed by atoms with Gasteiger partial charge in [-0.1, -0.05) is 22.0 Å². The van der Waals surface area contributed by atoms with Crippen LogP contribution in [0.4, 0.5) is 5.69 Å². The van der Waals surface area contributed by atoms with E-state index >= 15 is 0 Å². The lowest BCUT2D eigenvalue weighted by Gasteiger charge is -2.01. The molecule has 1 aliphatic heterocycles. The van der Waals surface area contributed by atoms with E-state index in [4.69, 9.17) is 0 Å². The number of nitrogens with one attached hydrogen (secondary N) is 1. The number of nitrogens with zero attached hydrogens (tertiary/aromatic N) is 1. The fourth-order valence-corrected chi connectivity index (χ4v) is 1.93. The second-order valence-electron chi connectivity index (χ2n) is 2.72. The first-order valence-electron chi connectivity index (χ1n) is 3.65. The Labute approximate surface area is 78.3 Å². The van der Waals surface area contributed by atoms with Crippen LogP contribution >= 0.6 is 15.9 Å². The second kappa shape index (κ2) is 2.95. The van der Waals surface area contributed by atoms with E-state index in [1.165, 1.54) is 5.56 Å². The monoisotopic (exact) mass is 226 g/mol. The van der Waals surface area contributed by atoms with Crippen LogP contribution < -0.4 is 5.32 Å². The Bertz CT molecular complexity index is 327. The molecule has 12 heavy (non-hydrogen) atoms. The minimum absolute atomic E-state index is 0.161. The summed E-state index contributed by atoms with van der Waals surface area (Å²) in [6, 6.07) is 5.47. The second-order valence-corrected chi connectivity index (χ2v) is 3.63. The van der Waals surface area contributed by atoms with Crippen LogP contribution in [-0.2, 0) is 6.54 Å². The molecular weight excluding hydrogens is 220 g/mol. The van der Waals surface area contributed by atoms with Crippen molar-refractivity contribution in [2.75, 3.05) is 0 Å². The van der Waals surface area contributed by atoms with Crippen LogP contribution in [0.3, 0.4) is 0 Å². The molecule has 0 saturated heterocycles. The molecule has 0 aromatic heterocycles. The van der Waals surface area contributed by atoms with Crippen LogP contribution in [-0.4, -0.2) is 0 Å². The summed E-state index contributed by atoms with van der Waals surface area (Å²) in [5, 5.41) is 6.09. The summed E-state index contributed by atoms with van der Waals surface area (Å²) >= 11 is 3.45. The number of hydrogen-bond acceptors (Lipinski definition) is 3. The summed E-state index contributed by atoms with van der Waals surface area (Å²) in [5.74, 6) is 0. The molecule has 1 aromatic carbocycles. The number of nitroso groups, excluding NO2 is 1. The molecule has 0 amide bonds. The third kappa shape index (κ3) is 1.17. The van der Waals surface area contributed by atoms with Crippen molar-refractivity contribution in [3.8, 4) is 0 Å². The molecule has 0 saturated carbocycles. The van der Waals surface area contributed by atoms with Gasteiger partial charge in [0.05, 0.1) is 4.95 Å². The predicted molar refractivity (Wildman–Crippen MR) is 50.4 cm³/mol. The summed E-state index contributed by atoms with van der Waals surface area (Å²) in [6.07, 6.45) is 0. The molecule has 1 aliphatic rings. The molecule has 3 nitrogen and oxygen atoms in total. The fourth-order valence-electron chi connectivity index (χ4n) is 1.35. The largest absolute Gasteiger partial charge is 0.297 e. The number of benzene rings is 1. The molecule has 1 unspecified atom stereocenters. The van der Waals surface area contributed by atoms with Gasteiger partial charge in [-0.05, 0) is 28.4 Å². The average Bonchev–Trinajstić information content (AvgIpc) is 2.47. The van der Waals surface area contributed by atoms with Gasteiger partial charge in [-0.2, -0.15) is 0 Å². The van der Waals surface area contributed by atoms with E-state index in [1.807, 2.05) is 12.1 Å². The van der Waals surface area contributed by atoms with Crippen molar-refractivity contribution in [2.45, 2.75) is 11.5 Å². The highest BCUT2D eigenvalue weighted by molar-refractivity contribution is 9.09. The first kappa shape index (κ1) is 7.89. The standard InChI is InChI=1S/C8H7BrN2O/c9-8-7-3-6(11-12)2-1-5(7)4-10-8/h1-3,8,10H,4H2. The molecule has 0 aliphatic carbocycles. The van der Waals surface area contributed by atoms with Crippen LogP contribution in [0.25, 0.3) is 0 Å². The lowest BCUT2D eigenvalue weighted by Crippen LogP contribution is -2.03. The smallest absolute Gasteiger partial charge is 0.108 e. The quantitative estimate of drug-likeness (QED) is 0.455. The molecule has 1 heterocycles. The minimum Gasteiger partial charge on any atom is -0.297 e. The molecule has 1 aromatic rings. The van der Waals surface area contributed by atoms with Gasteiger partial charge in [0, 0.05) is 6.54 Å².